The predicted molar refractivity (Wildman–Crippen MR) is 76.1 cm³/mol. The largest absolute Gasteiger partial charge is 0.362 e. The van der Waals surface area contributed by atoms with Gasteiger partial charge in [-0.1, -0.05) is 12.1 Å². The van der Waals surface area contributed by atoms with Crippen LogP contribution < -0.4 is 5.32 Å². The first-order valence-electron chi connectivity index (χ1n) is 6.21. The first kappa shape index (κ1) is 13.2. The minimum absolute atomic E-state index is 0.0695. The van der Waals surface area contributed by atoms with Crippen LogP contribution >= 0.6 is 0 Å². The highest BCUT2D eigenvalue weighted by molar-refractivity contribution is 5.80. The van der Waals surface area contributed by atoms with Gasteiger partial charge in [0.15, 0.2) is 0 Å². The fourth-order valence-corrected chi connectivity index (χ4v) is 1.70. The summed E-state index contributed by atoms with van der Waals surface area (Å²) < 4.78 is 0. The molecule has 1 aromatic heterocycles. The second kappa shape index (κ2) is 5.61. The van der Waals surface area contributed by atoms with Gasteiger partial charge in [0.2, 0.25) is 0 Å². The first-order chi connectivity index (χ1) is 9.06. The van der Waals surface area contributed by atoms with Crippen LogP contribution in [0.25, 0.3) is 11.3 Å². The van der Waals surface area contributed by atoms with Gasteiger partial charge >= 0.3 is 0 Å². The van der Waals surface area contributed by atoms with Crippen LogP contribution in [-0.4, -0.2) is 22.5 Å². The van der Waals surface area contributed by atoms with Gasteiger partial charge in [-0.15, -0.1) is 10.2 Å². The van der Waals surface area contributed by atoms with Crippen LogP contribution in [0.5, 0.6) is 0 Å². The highest BCUT2D eigenvalue weighted by Crippen LogP contribution is 2.20. The van der Waals surface area contributed by atoms with E-state index in [2.05, 4.69) is 41.5 Å². The molecule has 2 rings (SSSR count). The minimum atomic E-state index is 0.0695. The summed E-state index contributed by atoms with van der Waals surface area (Å²) >= 11 is 0. The first-order valence-corrected chi connectivity index (χ1v) is 6.21. The molecule has 0 amide bonds. The maximum Gasteiger partial charge on any atom is 0.149 e. The van der Waals surface area contributed by atoms with Crippen LogP contribution in [0.3, 0.4) is 0 Å². The number of Topliss-reactive ketones (excluding diaryl/α,β-unsaturated/α-hetero) is 1. The summed E-state index contributed by atoms with van der Waals surface area (Å²) in [5.41, 5.74) is 4.37. The molecule has 1 aromatic carbocycles. The number of hydrogen-bond donors (Lipinski definition) is 1. The Balaban J connectivity index is 2.17. The van der Waals surface area contributed by atoms with Gasteiger partial charge in [0.05, 0.1) is 12.2 Å². The van der Waals surface area contributed by atoms with Gasteiger partial charge in [-0.25, -0.2) is 0 Å². The Morgan fingerprint density at radius 1 is 1.11 bits per heavy atom. The number of anilines is 1. The van der Waals surface area contributed by atoms with Crippen molar-refractivity contribution in [2.24, 2.45) is 0 Å². The molecule has 19 heavy (non-hydrogen) atoms. The van der Waals surface area contributed by atoms with Gasteiger partial charge in [-0.3, -0.25) is 4.79 Å². The lowest BCUT2D eigenvalue weighted by Gasteiger charge is -2.06. The van der Waals surface area contributed by atoms with Crippen molar-refractivity contribution in [2.75, 3.05) is 11.9 Å². The lowest BCUT2D eigenvalue weighted by molar-refractivity contribution is -0.115. The van der Waals surface area contributed by atoms with Crippen molar-refractivity contribution in [3.05, 3.63) is 41.5 Å². The van der Waals surface area contributed by atoms with Gasteiger partial charge in [0.1, 0.15) is 11.6 Å². The molecule has 0 aliphatic heterocycles. The summed E-state index contributed by atoms with van der Waals surface area (Å²) in [5, 5.41) is 11.2. The molecule has 4 heteroatoms. The average molecular weight is 255 g/mol. The molecule has 0 bridgehead atoms. The Hall–Kier alpha value is -2.23. The third-order valence-electron chi connectivity index (χ3n) is 2.99. The van der Waals surface area contributed by atoms with Crippen molar-refractivity contribution in [1.29, 1.82) is 0 Å². The number of nitrogens with zero attached hydrogens (tertiary/aromatic N) is 2. The Labute approximate surface area is 112 Å². The number of hydrogen-bond acceptors (Lipinski definition) is 4. The van der Waals surface area contributed by atoms with E-state index in [1.807, 2.05) is 18.2 Å². The molecular formula is C15H17N3O. The average Bonchev–Trinajstić information content (AvgIpc) is 2.40. The van der Waals surface area contributed by atoms with Crippen LogP contribution in [0.15, 0.2) is 30.3 Å². The fourth-order valence-electron chi connectivity index (χ4n) is 1.70. The molecule has 0 fully saturated rings. The van der Waals surface area contributed by atoms with Crippen molar-refractivity contribution in [2.45, 2.75) is 20.8 Å². The summed E-state index contributed by atoms with van der Waals surface area (Å²) in [4.78, 5) is 10.9. The molecule has 1 heterocycles. The van der Waals surface area contributed by atoms with E-state index in [1.54, 1.807) is 0 Å². The predicted octanol–water partition coefficient (Wildman–Crippen LogP) is 2.76. The van der Waals surface area contributed by atoms with Crippen molar-refractivity contribution >= 4 is 11.6 Å². The lowest BCUT2D eigenvalue weighted by atomic mass is 10.0. The molecule has 1 N–H and O–H groups in total. The van der Waals surface area contributed by atoms with Crippen molar-refractivity contribution < 1.29 is 4.79 Å². The number of rotatable bonds is 4. The maximum absolute atomic E-state index is 10.9. The monoisotopic (exact) mass is 255 g/mol. The van der Waals surface area contributed by atoms with E-state index in [9.17, 15) is 4.79 Å². The van der Waals surface area contributed by atoms with Crippen molar-refractivity contribution in [1.82, 2.24) is 10.2 Å². The van der Waals surface area contributed by atoms with Crippen molar-refractivity contribution in [3.63, 3.8) is 0 Å². The Morgan fingerprint density at radius 2 is 1.89 bits per heavy atom. The highest BCUT2D eigenvalue weighted by Gasteiger charge is 2.03. The quantitative estimate of drug-likeness (QED) is 0.912. The summed E-state index contributed by atoms with van der Waals surface area (Å²) in [7, 11) is 0. The summed E-state index contributed by atoms with van der Waals surface area (Å²) in [6.07, 6.45) is 0. The van der Waals surface area contributed by atoms with E-state index in [0.29, 0.717) is 5.82 Å². The van der Waals surface area contributed by atoms with Crippen LogP contribution in [0.4, 0.5) is 5.82 Å². The molecule has 0 aliphatic rings. The van der Waals surface area contributed by atoms with Gasteiger partial charge in [0, 0.05) is 5.56 Å². The molecule has 0 saturated heterocycles. The van der Waals surface area contributed by atoms with Crippen LogP contribution in [-0.2, 0) is 4.79 Å². The molecule has 0 aliphatic carbocycles. The number of aromatic nitrogens is 2. The molecule has 0 saturated carbocycles. The number of carbonyl (C=O) groups is 1. The third-order valence-corrected chi connectivity index (χ3v) is 2.99. The number of ketones is 1. The van der Waals surface area contributed by atoms with Crippen molar-refractivity contribution in [3.8, 4) is 11.3 Å². The van der Waals surface area contributed by atoms with Gasteiger partial charge in [-0.2, -0.15) is 0 Å². The summed E-state index contributed by atoms with van der Waals surface area (Å²) in [6, 6.07) is 9.95. The fraction of sp³-hybridized carbons (Fsp3) is 0.267. The second-order valence-corrected chi connectivity index (χ2v) is 4.66. The zero-order chi connectivity index (χ0) is 13.8. The topological polar surface area (TPSA) is 54.9 Å². The number of benzene rings is 1. The SMILES string of the molecule is CC(=O)CNc1ccc(-c2ccc(C)c(C)c2)nn1. The Bertz CT molecular complexity index is 591. The third kappa shape index (κ3) is 3.37. The Morgan fingerprint density at radius 3 is 2.47 bits per heavy atom. The minimum Gasteiger partial charge on any atom is -0.362 e. The zero-order valence-corrected chi connectivity index (χ0v) is 11.4. The molecule has 0 unspecified atom stereocenters. The van der Waals surface area contributed by atoms with Gasteiger partial charge < -0.3 is 5.32 Å². The van der Waals surface area contributed by atoms with E-state index in [4.69, 9.17) is 0 Å². The number of nitrogens with one attached hydrogen (secondary N) is 1. The van der Waals surface area contributed by atoms with E-state index in [0.717, 1.165) is 11.3 Å². The smallest absolute Gasteiger partial charge is 0.149 e. The molecule has 98 valence electrons. The summed E-state index contributed by atoms with van der Waals surface area (Å²) in [5.74, 6) is 0.683. The van der Waals surface area contributed by atoms with Crippen LogP contribution in [0.1, 0.15) is 18.1 Å². The molecule has 0 atom stereocenters. The summed E-state index contributed by atoms with van der Waals surface area (Å²) in [6.45, 7) is 5.97. The van der Waals surface area contributed by atoms with Crippen LogP contribution in [0, 0.1) is 13.8 Å². The van der Waals surface area contributed by atoms with E-state index in [1.165, 1.54) is 18.1 Å². The Kier molecular flexibility index (Phi) is 3.90. The van der Waals surface area contributed by atoms with Gasteiger partial charge in [-0.05, 0) is 50.1 Å². The van der Waals surface area contributed by atoms with E-state index < -0.39 is 0 Å². The molecule has 0 spiro atoms. The standard InChI is InChI=1S/C15H17N3O/c1-10-4-5-13(8-11(10)2)14-6-7-15(18-17-14)16-9-12(3)19/h4-8H,9H2,1-3H3,(H,16,18). The van der Waals surface area contributed by atoms with Gasteiger partial charge in [0.25, 0.3) is 0 Å². The molecule has 0 radical (unpaired) electrons. The maximum atomic E-state index is 10.9. The highest BCUT2D eigenvalue weighted by atomic mass is 16.1. The zero-order valence-electron chi connectivity index (χ0n) is 11.4. The molecular weight excluding hydrogens is 238 g/mol. The van der Waals surface area contributed by atoms with Crippen LogP contribution in [0.2, 0.25) is 0 Å². The van der Waals surface area contributed by atoms with E-state index in [-0.39, 0.29) is 12.3 Å². The normalized spacial score (nSPS) is 10.3. The number of aryl methyl sites for hydroxylation is 2. The molecule has 4 nitrogen and oxygen atoms in total. The number of carbonyl (C=O) groups excluding carboxylic acids is 1. The lowest BCUT2D eigenvalue weighted by Crippen LogP contribution is -2.11. The van der Waals surface area contributed by atoms with E-state index >= 15 is 0 Å². The molecule has 2 aromatic rings. The second-order valence-electron chi connectivity index (χ2n) is 4.66.